The van der Waals surface area contributed by atoms with Crippen LogP contribution in [-0.4, -0.2) is 50.2 Å². The fourth-order valence-corrected chi connectivity index (χ4v) is 4.35. The van der Waals surface area contributed by atoms with Gasteiger partial charge >= 0.3 is 0 Å². The van der Waals surface area contributed by atoms with E-state index in [4.69, 9.17) is 9.47 Å². The topological polar surface area (TPSA) is 38.8 Å². The first-order valence-electron chi connectivity index (χ1n) is 9.91. The Bertz CT molecular complexity index is 778. The van der Waals surface area contributed by atoms with E-state index in [-0.39, 0.29) is 18.1 Å². The summed E-state index contributed by atoms with van der Waals surface area (Å²) < 4.78 is 26.2. The van der Waals surface area contributed by atoms with Crippen molar-refractivity contribution in [2.45, 2.75) is 38.3 Å². The molecule has 0 spiro atoms. The van der Waals surface area contributed by atoms with Crippen molar-refractivity contribution in [3.05, 3.63) is 47.6 Å². The average Bonchev–Trinajstić information content (AvgIpc) is 3.00. The lowest BCUT2D eigenvalue weighted by molar-refractivity contribution is 0.0391. The number of nitrogens with zero attached hydrogens (tertiary/aromatic N) is 1. The minimum atomic E-state index is -1.28. The molecule has 1 atom stereocenters. The number of rotatable bonds is 7. The molecule has 28 heavy (non-hydrogen) atoms. The van der Waals surface area contributed by atoms with Crippen LogP contribution in [0.5, 0.6) is 11.5 Å². The van der Waals surface area contributed by atoms with Gasteiger partial charge in [-0.25, -0.2) is 4.39 Å². The van der Waals surface area contributed by atoms with Crippen LogP contribution in [0.2, 0.25) is 0 Å². The Morgan fingerprint density at radius 3 is 2.50 bits per heavy atom. The molecule has 1 aliphatic carbocycles. The third-order valence-corrected chi connectivity index (χ3v) is 6.12. The molecule has 1 saturated heterocycles. The first-order chi connectivity index (χ1) is 13.4. The van der Waals surface area contributed by atoms with E-state index in [2.05, 4.69) is 11.5 Å². The Morgan fingerprint density at radius 2 is 1.93 bits per heavy atom. The summed E-state index contributed by atoms with van der Waals surface area (Å²) in [7, 11) is 3.13. The number of piperidine rings is 1. The quantitative estimate of drug-likeness (QED) is 0.651. The van der Waals surface area contributed by atoms with Gasteiger partial charge in [-0.3, -0.25) is 9.69 Å². The van der Waals surface area contributed by atoms with Gasteiger partial charge in [0.2, 0.25) is 0 Å². The maximum atomic E-state index is 15.5. The minimum Gasteiger partial charge on any atom is -0.493 e. The van der Waals surface area contributed by atoms with Gasteiger partial charge < -0.3 is 9.47 Å². The number of carbonyl (C=O) groups excluding carboxylic acids is 1. The van der Waals surface area contributed by atoms with Crippen LogP contribution >= 0.6 is 0 Å². The van der Waals surface area contributed by atoms with Gasteiger partial charge in [-0.2, -0.15) is 0 Å². The van der Waals surface area contributed by atoms with Gasteiger partial charge in [0.05, 0.1) is 14.2 Å². The van der Waals surface area contributed by atoms with E-state index in [1.165, 1.54) is 0 Å². The number of likely N-dealkylation sites (tertiary alicyclic amines) is 1. The number of halogens is 1. The first kappa shape index (κ1) is 20.6. The lowest BCUT2D eigenvalue weighted by atomic mass is 9.82. The van der Waals surface area contributed by atoms with Gasteiger partial charge in [-0.15, -0.1) is 0 Å². The zero-order chi connectivity index (χ0) is 20.3. The van der Waals surface area contributed by atoms with Crippen LogP contribution in [-0.2, 0) is 6.42 Å². The predicted molar refractivity (Wildman–Crippen MR) is 109 cm³/mol. The van der Waals surface area contributed by atoms with E-state index in [9.17, 15) is 4.79 Å². The number of carbonyl (C=O) groups is 1. The molecule has 1 unspecified atom stereocenters. The molecule has 0 saturated carbocycles. The van der Waals surface area contributed by atoms with E-state index >= 15 is 4.39 Å². The lowest BCUT2D eigenvalue weighted by Crippen LogP contribution is -2.43. The summed E-state index contributed by atoms with van der Waals surface area (Å²) in [5, 5.41) is 0. The SMILES string of the molecule is C=CC(=CC)CN1CCC(F)(CC2Cc3cc(OC)c(OC)cc3C2=O)CC1. The van der Waals surface area contributed by atoms with Gasteiger partial charge in [0.25, 0.3) is 0 Å². The number of hydrogen-bond acceptors (Lipinski definition) is 4. The lowest BCUT2D eigenvalue weighted by Gasteiger charge is -2.37. The third kappa shape index (κ3) is 4.14. The summed E-state index contributed by atoms with van der Waals surface area (Å²) in [6.45, 7) is 8.04. The van der Waals surface area contributed by atoms with Crippen molar-refractivity contribution in [2.75, 3.05) is 33.9 Å². The molecule has 1 aromatic carbocycles. The van der Waals surface area contributed by atoms with Crippen molar-refractivity contribution in [2.24, 2.45) is 5.92 Å². The van der Waals surface area contributed by atoms with E-state index in [1.54, 1.807) is 20.3 Å². The van der Waals surface area contributed by atoms with Crippen LogP contribution in [0.1, 0.15) is 42.1 Å². The number of Topliss-reactive ketones (excluding diaryl/α,β-unsaturated/α-hetero) is 1. The molecule has 4 nitrogen and oxygen atoms in total. The molecule has 152 valence electrons. The summed E-state index contributed by atoms with van der Waals surface area (Å²) in [4.78, 5) is 15.1. The zero-order valence-electron chi connectivity index (χ0n) is 17.1. The molecule has 1 heterocycles. The van der Waals surface area contributed by atoms with Crippen LogP contribution in [0, 0.1) is 5.92 Å². The maximum absolute atomic E-state index is 15.5. The van der Waals surface area contributed by atoms with Gasteiger partial charge in [-0.05, 0) is 55.9 Å². The molecular formula is C23H30FNO3. The summed E-state index contributed by atoms with van der Waals surface area (Å²) in [6, 6.07) is 3.59. The largest absolute Gasteiger partial charge is 0.493 e. The number of allylic oxidation sites excluding steroid dienone is 1. The highest BCUT2D eigenvalue weighted by Crippen LogP contribution is 2.41. The van der Waals surface area contributed by atoms with Crippen molar-refractivity contribution >= 4 is 5.78 Å². The number of fused-ring (bicyclic) bond motifs is 1. The Labute approximate surface area is 167 Å². The highest BCUT2D eigenvalue weighted by Gasteiger charge is 2.41. The summed E-state index contributed by atoms with van der Waals surface area (Å²) in [6.07, 6.45) is 5.69. The maximum Gasteiger partial charge on any atom is 0.166 e. The van der Waals surface area contributed by atoms with E-state index in [0.29, 0.717) is 49.4 Å². The summed E-state index contributed by atoms with van der Waals surface area (Å²) >= 11 is 0. The Balaban J connectivity index is 1.64. The second-order valence-electron chi connectivity index (χ2n) is 7.83. The highest BCUT2D eigenvalue weighted by atomic mass is 19.1. The molecule has 1 aliphatic heterocycles. The molecule has 1 fully saturated rings. The predicted octanol–water partition coefficient (Wildman–Crippen LogP) is 4.39. The summed E-state index contributed by atoms with van der Waals surface area (Å²) in [5.74, 6) is 0.876. The monoisotopic (exact) mass is 387 g/mol. The standard InChI is InChI=1S/C23H30FNO3/c1-5-16(6-2)15-25-9-7-23(24,8-10-25)14-18-11-17-12-20(27-3)21(28-4)13-19(17)22(18)26/h5-6,12-13,18H,1,7-11,14-15H2,2-4H3. The second-order valence-corrected chi connectivity index (χ2v) is 7.83. The number of ketones is 1. The second kappa shape index (κ2) is 8.48. The van der Waals surface area contributed by atoms with Crippen molar-refractivity contribution in [1.29, 1.82) is 0 Å². The minimum absolute atomic E-state index is 0.0262. The molecule has 1 aromatic rings. The van der Waals surface area contributed by atoms with Crippen LogP contribution < -0.4 is 9.47 Å². The third-order valence-electron chi connectivity index (χ3n) is 6.12. The van der Waals surface area contributed by atoms with Gasteiger partial charge in [0, 0.05) is 31.1 Å². The van der Waals surface area contributed by atoms with Crippen molar-refractivity contribution < 1.29 is 18.7 Å². The van der Waals surface area contributed by atoms with E-state index in [1.807, 2.05) is 25.1 Å². The number of ether oxygens (including phenoxy) is 2. The molecule has 0 amide bonds. The molecule has 0 N–H and O–H groups in total. The molecule has 5 heteroatoms. The van der Waals surface area contributed by atoms with E-state index < -0.39 is 5.67 Å². The number of hydrogen-bond donors (Lipinski definition) is 0. The fourth-order valence-electron chi connectivity index (χ4n) is 4.35. The Kier molecular flexibility index (Phi) is 6.23. The number of benzene rings is 1. The van der Waals surface area contributed by atoms with Crippen LogP contribution in [0.4, 0.5) is 4.39 Å². The number of alkyl halides is 1. The van der Waals surface area contributed by atoms with Crippen LogP contribution in [0.25, 0.3) is 0 Å². The van der Waals surface area contributed by atoms with Gasteiger partial charge in [0.1, 0.15) is 5.67 Å². The highest BCUT2D eigenvalue weighted by molar-refractivity contribution is 6.03. The van der Waals surface area contributed by atoms with Gasteiger partial charge in [-0.1, -0.05) is 18.7 Å². The molecular weight excluding hydrogens is 357 g/mol. The normalized spacial score (nSPS) is 22.1. The Hall–Kier alpha value is -2.14. The molecule has 0 bridgehead atoms. The smallest absolute Gasteiger partial charge is 0.166 e. The van der Waals surface area contributed by atoms with Crippen molar-refractivity contribution in [3.8, 4) is 11.5 Å². The van der Waals surface area contributed by atoms with Crippen molar-refractivity contribution in [1.82, 2.24) is 4.90 Å². The number of methoxy groups -OCH3 is 2. The van der Waals surface area contributed by atoms with E-state index in [0.717, 1.165) is 17.7 Å². The van der Waals surface area contributed by atoms with Gasteiger partial charge in [0.15, 0.2) is 17.3 Å². The zero-order valence-corrected chi connectivity index (χ0v) is 17.1. The van der Waals surface area contributed by atoms with Crippen LogP contribution in [0.3, 0.4) is 0 Å². The summed E-state index contributed by atoms with van der Waals surface area (Å²) in [5.41, 5.74) is 1.46. The Morgan fingerprint density at radius 1 is 1.29 bits per heavy atom. The first-order valence-corrected chi connectivity index (χ1v) is 9.91. The average molecular weight is 387 g/mol. The fraction of sp³-hybridized carbons (Fsp3) is 0.522. The molecule has 0 radical (unpaired) electrons. The molecule has 0 aromatic heterocycles. The van der Waals surface area contributed by atoms with Crippen LogP contribution in [0.15, 0.2) is 36.4 Å². The molecule has 2 aliphatic rings. The molecule has 3 rings (SSSR count). The van der Waals surface area contributed by atoms with Crippen molar-refractivity contribution in [3.63, 3.8) is 0 Å².